The van der Waals surface area contributed by atoms with Crippen LogP contribution in [0.4, 0.5) is 0 Å². The molecule has 72 valence electrons. The predicted molar refractivity (Wildman–Crippen MR) is 49.2 cm³/mol. The summed E-state index contributed by atoms with van der Waals surface area (Å²) in [5.74, 6) is -1.01. The maximum absolute atomic E-state index is 10.3. The highest BCUT2D eigenvalue weighted by molar-refractivity contribution is 7.38. The number of hydrogen-bond donors (Lipinski definition) is 2. The van der Waals surface area contributed by atoms with Crippen LogP contribution in [-0.2, 0) is 4.57 Å². The van der Waals surface area contributed by atoms with E-state index in [1.807, 2.05) is 0 Å². The van der Waals surface area contributed by atoms with E-state index in [0.717, 1.165) is 19.3 Å². The largest absolute Gasteiger partial charge is 0.537 e. The number of unbranched alkanes of at least 4 members (excludes halogenated alkanes) is 4. The van der Waals surface area contributed by atoms with Crippen LogP contribution in [-0.4, -0.2) is 15.8 Å². The lowest BCUT2D eigenvalue weighted by Gasteiger charge is -1.98. The second-order valence-electron chi connectivity index (χ2n) is 2.99. The SMILES string of the molecule is CCCCCCCC(O)[P+](=O)O. The minimum absolute atomic E-state index is 0.454. The van der Waals surface area contributed by atoms with Gasteiger partial charge in [0.25, 0.3) is 5.85 Å². The number of hydrogen-bond acceptors (Lipinski definition) is 2. The van der Waals surface area contributed by atoms with E-state index in [4.69, 9.17) is 10.00 Å². The van der Waals surface area contributed by atoms with Crippen LogP contribution in [0.3, 0.4) is 0 Å². The third-order valence-electron chi connectivity index (χ3n) is 1.82. The molecule has 0 bridgehead atoms. The van der Waals surface area contributed by atoms with Crippen LogP contribution in [0.5, 0.6) is 0 Å². The Labute approximate surface area is 74.7 Å². The van der Waals surface area contributed by atoms with E-state index >= 15 is 0 Å². The second-order valence-corrected chi connectivity index (χ2v) is 4.19. The molecule has 0 saturated heterocycles. The molecule has 0 aliphatic rings. The lowest BCUT2D eigenvalue weighted by Crippen LogP contribution is -1.99. The molecule has 0 fully saturated rings. The van der Waals surface area contributed by atoms with E-state index < -0.39 is 13.9 Å². The first kappa shape index (κ1) is 12.0. The lowest BCUT2D eigenvalue weighted by molar-refractivity contribution is 0.223. The second kappa shape index (κ2) is 7.66. The maximum atomic E-state index is 10.3. The smallest absolute Gasteiger partial charge is 0.349 e. The van der Waals surface area contributed by atoms with Crippen molar-refractivity contribution in [1.29, 1.82) is 0 Å². The third-order valence-corrected chi connectivity index (χ3v) is 2.59. The molecular weight excluding hydrogens is 175 g/mol. The van der Waals surface area contributed by atoms with E-state index in [0.29, 0.717) is 6.42 Å². The van der Waals surface area contributed by atoms with Gasteiger partial charge >= 0.3 is 8.03 Å². The van der Waals surface area contributed by atoms with E-state index in [1.165, 1.54) is 12.8 Å². The molecule has 0 amide bonds. The summed E-state index contributed by atoms with van der Waals surface area (Å²) in [4.78, 5) is 8.48. The fraction of sp³-hybridized carbons (Fsp3) is 1.00. The summed E-state index contributed by atoms with van der Waals surface area (Å²) in [5.41, 5.74) is 0. The topological polar surface area (TPSA) is 57.5 Å². The van der Waals surface area contributed by atoms with E-state index in [9.17, 15) is 4.57 Å². The zero-order chi connectivity index (χ0) is 9.40. The van der Waals surface area contributed by atoms with Gasteiger partial charge in [0.15, 0.2) is 0 Å². The highest BCUT2D eigenvalue weighted by atomic mass is 31.1. The van der Waals surface area contributed by atoms with Gasteiger partial charge in [-0.1, -0.05) is 32.6 Å². The van der Waals surface area contributed by atoms with Crippen molar-refractivity contribution in [1.82, 2.24) is 0 Å². The molecule has 0 spiro atoms. The van der Waals surface area contributed by atoms with E-state index in [1.54, 1.807) is 0 Å². The van der Waals surface area contributed by atoms with Gasteiger partial charge < -0.3 is 5.11 Å². The van der Waals surface area contributed by atoms with Gasteiger partial charge in [0.1, 0.15) is 0 Å². The van der Waals surface area contributed by atoms with Crippen molar-refractivity contribution < 1.29 is 14.6 Å². The lowest BCUT2D eigenvalue weighted by atomic mass is 10.1. The van der Waals surface area contributed by atoms with Crippen LogP contribution in [0, 0.1) is 0 Å². The molecule has 2 unspecified atom stereocenters. The summed E-state index contributed by atoms with van der Waals surface area (Å²) in [6.07, 6.45) is 5.91. The average Bonchev–Trinajstić information content (AvgIpc) is 2.03. The minimum atomic E-state index is -2.38. The molecule has 4 heteroatoms. The van der Waals surface area contributed by atoms with Crippen LogP contribution in [0.15, 0.2) is 0 Å². The Morgan fingerprint density at radius 2 is 1.83 bits per heavy atom. The number of aliphatic hydroxyl groups is 1. The van der Waals surface area contributed by atoms with Crippen molar-refractivity contribution >= 4 is 8.03 Å². The highest BCUT2D eigenvalue weighted by Crippen LogP contribution is 2.24. The molecule has 2 N–H and O–H groups in total. The van der Waals surface area contributed by atoms with Gasteiger partial charge in [-0.15, -0.1) is 0 Å². The van der Waals surface area contributed by atoms with Crippen molar-refractivity contribution in [2.75, 3.05) is 0 Å². The maximum Gasteiger partial charge on any atom is 0.537 e. The molecule has 2 atom stereocenters. The number of rotatable bonds is 7. The molecule has 0 radical (unpaired) electrons. The predicted octanol–water partition coefficient (Wildman–Crippen LogP) is 2.40. The molecule has 0 aliphatic carbocycles. The van der Waals surface area contributed by atoms with Crippen molar-refractivity contribution in [2.45, 2.75) is 51.3 Å². The Morgan fingerprint density at radius 3 is 2.33 bits per heavy atom. The summed E-state index contributed by atoms with van der Waals surface area (Å²) < 4.78 is 10.3. The van der Waals surface area contributed by atoms with Gasteiger partial charge in [-0.3, -0.25) is 0 Å². The summed E-state index contributed by atoms with van der Waals surface area (Å²) in [6, 6.07) is 0. The zero-order valence-corrected chi connectivity index (χ0v) is 8.46. The Morgan fingerprint density at radius 1 is 1.25 bits per heavy atom. The summed E-state index contributed by atoms with van der Waals surface area (Å²) in [7, 11) is -2.38. The first-order valence-corrected chi connectivity index (χ1v) is 5.80. The van der Waals surface area contributed by atoms with Crippen LogP contribution in [0.25, 0.3) is 0 Å². The Bertz CT molecular complexity index is 127. The van der Waals surface area contributed by atoms with E-state index in [2.05, 4.69) is 6.92 Å². The van der Waals surface area contributed by atoms with Crippen LogP contribution >= 0.6 is 8.03 Å². The molecule has 3 nitrogen and oxygen atoms in total. The molecule has 12 heavy (non-hydrogen) atoms. The molecule has 0 aliphatic heterocycles. The molecule has 0 saturated carbocycles. The molecule has 0 heterocycles. The van der Waals surface area contributed by atoms with Crippen LogP contribution in [0.2, 0.25) is 0 Å². The normalized spacial score (nSPS) is 14.4. The monoisotopic (exact) mass is 193 g/mol. The fourth-order valence-corrected chi connectivity index (χ4v) is 1.44. The summed E-state index contributed by atoms with van der Waals surface area (Å²) in [6.45, 7) is 2.14. The molecule has 0 aromatic rings. The Balaban J connectivity index is 3.14. The first-order chi connectivity index (χ1) is 5.68. The average molecular weight is 193 g/mol. The Kier molecular flexibility index (Phi) is 7.67. The molecule has 0 rings (SSSR count). The number of aliphatic hydroxyl groups excluding tert-OH is 1. The van der Waals surface area contributed by atoms with E-state index in [-0.39, 0.29) is 0 Å². The van der Waals surface area contributed by atoms with Gasteiger partial charge in [0.2, 0.25) is 0 Å². The molecule has 0 aromatic carbocycles. The third kappa shape index (κ3) is 6.71. The zero-order valence-electron chi connectivity index (χ0n) is 7.57. The van der Waals surface area contributed by atoms with Crippen molar-refractivity contribution in [3.8, 4) is 0 Å². The van der Waals surface area contributed by atoms with Crippen molar-refractivity contribution in [3.05, 3.63) is 0 Å². The summed E-state index contributed by atoms with van der Waals surface area (Å²) >= 11 is 0. The Hall–Kier alpha value is 0.0200. The van der Waals surface area contributed by atoms with Gasteiger partial charge in [0.05, 0.1) is 0 Å². The van der Waals surface area contributed by atoms with Crippen LogP contribution < -0.4 is 0 Å². The van der Waals surface area contributed by atoms with Gasteiger partial charge in [-0.05, 0) is 11.0 Å². The molecular formula is C8H18O3P+. The summed E-state index contributed by atoms with van der Waals surface area (Å²) in [5, 5.41) is 8.95. The highest BCUT2D eigenvalue weighted by Gasteiger charge is 2.24. The fourth-order valence-electron chi connectivity index (χ4n) is 1.04. The first-order valence-electron chi connectivity index (χ1n) is 4.51. The standard InChI is InChI=1S/C8H17O3P/c1-2-3-4-5-6-7-8(9)12(10)11/h8-9H,2-7H2,1H3/p+1. The van der Waals surface area contributed by atoms with Crippen LogP contribution in [0.1, 0.15) is 45.4 Å². The quantitative estimate of drug-likeness (QED) is 0.482. The van der Waals surface area contributed by atoms with Gasteiger partial charge in [-0.25, -0.2) is 0 Å². The van der Waals surface area contributed by atoms with Crippen molar-refractivity contribution in [2.24, 2.45) is 0 Å². The van der Waals surface area contributed by atoms with Gasteiger partial charge in [-0.2, -0.15) is 4.89 Å². The minimum Gasteiger partial charge on any atom is -0.349 e. The van der Waals surface area contributed by atoms with Gasteiger partial charge in [0, 0.05) is 6.42 Å². The molecule has 0 aromatic heterocycles. The van der Waals surface area contributed by atoms with Crippen molar-refractivity contribution in [3.63, 3.8) is 0 Å².